The molecule has 19 heavy (non-hydrogen) atoms. The fourth-order valence-corrected chi connectivity index (χ4v) is 3.11. The minimum atomic E-state index is 0.600. The zero-order valence-corrected chi connectivity index (χ0v) is 14.3. The number of anilines is 1. The lowest BCUT2D eigenvalue weighted by molar-refractivity contribution is 0.707. The molecular weight excluding hydrogens is 396 g/mol. The fourth-order valence-electron chi connectivity index (χ4n) is 1.82. The van der Waals surface area contributed by atoms with E-state index in [1.165, 1.54) is 0 Å². The van der Waals surface area contributed by atoms with Crippen molar-refractivity contribution in [1.29, 1.82) is 0 Å². The summed E-state index contributed by atoms with van der Waals surface area (Å²) in [6, 6.07) is 5.90. The molecule has 0 fully saturated rings. The first-order chi connectivity index (χ1) is 9.02. The molecule has 0 spiro atoms. The molecule has 1 N–H and O–H groups in total. The molecule has 0 atom stereocenters. The van der Waals surface area contributed by atoms with Gasteiger partial charge in [0.2, 0.25) is 0 Å². The van der Waals surface area contributed by atoms with Gasteiger partial charge in [0.25, 0.3) is 0 Å². The summed E-state index contributed by atoms with van der Waals surface area (Å²) in [6.07, 6.45) is 0.830. The second-order valence-corrected chi connectivity index (χ2v) is 6.19. The Balaban J connectivity index is 2.16. The summed E-state index contributed by atoms with van der Waals surface area (Å²) in [7, 11) is 1.90. The number of benzene rings is 1. The van der Waals surface area contributed by atoms with Gasteiger partial charge in [-0.3, -0.25) is 4.68 Å². The molecular formula is C13H14Cl2IN3. The second kappa shape index (κ2) is 6.33. The number of hydrogen-bond acceptors (Lipinski definition) is 2. The molecule has 1 aromatic heterocycles. The van der Waals surface area contributed by atoms with Crippen LogP contribution in [0.15, 0.2) is 18.2 Å². The molecule has 1 heterocycles. The number of rotatable bonds is 4. The Bertz CT molecular complexity index is 596. The van der Waals surface area contributed by atoms with E-state index in [-0.39, 0.29) is 0 Å². The Labute approximate surface area is 136 Å². The predicted octanol–water partition coefficient (Wildman–Crippen LogP) is 4.51. The van der Waals surface area contributed by atoms with Crippen molar-refractivity contribution in [1.82, 2.24) is 9.78 Å². The second-order valence-electron chi connectivity index (χ2n) is 4.16. The van der Waals surface area contributed by atoms with Gasteiger partial charge in [0, 0.05) is 10.6 Å². The average Bonchev–Trinajstić information content (AvgIpc) is 2.64. The van der Waals surface area contributed by atoms with Gasteiger partial charge in [-0.2, -0.15) is 5.10 Å². The van der Waals surface area contributed by atoms with Crippen LogP contribution >= 0.6 is 45.8 Å². The topological polar surface area (TPSA) is 29.9 Å². The maximum Gasteiger partial charge on any atom is 0.0868 e. The van der Waals surface area contributed by atoms with Crippen molar-refractivity contribution in [2.24, 2.45) is 7.05 Å². The normalized spacial score (nSPS) is 10.8. The van der Waals surface area contributed by atoms with Crippen LogP contribution in [0.1, 0.15) is 18.3 Å². The van der Waals surface area contributed by atoms with Crippen LogP contribution in [0.2, 0.25) is 10.0 Å². The molecule has 0 amide bonds. The molecule has 0 saturated heterocycles. The lowest BCUT2D eigenvalue weighted by atomic mass is 10.3. The van der Waals surface area contributed by atoms with Crippen LogP contribution in [0.3, 0.4) is 0 Å². The fraction of sp³-hybridized carbons (Fsp3) is 0.308. The Kier molecular flexibility index (Phi) is 4.97. The molecule has 2 aromatic rings. The van der Waals surface area contributed by atoms with Crippen LogP contribution in [0.4, 0.5) is 5.69 Å². The quantitative estimate of drug-likeness (QED) is 0.753. The van der Waals surface area contributed by atoms with Crippen LogP contribution in [-0.2, 0) is 20.0 Å². The monoisotopic (exact) mass is 409 g/mol. The molecule has 6 heteroatoms. The summed E-state index contributed by atoms with van der Waals surface area (Å²) < 4.78 is 2.93. The highest BCUT2D eigenvalue weighted by Crippen LogP contribution is 2.26. The number of nitrogens with zero attached hydrogens (tertiary/aromatic N) is 2. The minimum absolute atomic E-state index is 0.600. The third-order valence-electron chi connectivity index (χ3n) is 2.88. The first kappa shape index (κ1) is 14.9. The Morgan fingerprint density at radius 3 is 2.68 bits per heavy atom. The van der Waals surface area contributed by atoms with E-state index >= 15 is 0 Å². The van der Waals surface area contributed by atoms with Crippen molar-refractivity contribution in [2.45, 2.75) is 19.9 Å². The van der Waals surface area contributed by atoms with Crippen LogP contribution in [0, 0.1) is 3.57 Å². The summed E-state index contributed by atoms with van der Waals surface area (Å²) in [4.78, 5) is 0. The van der Waals surface area contributed by atoms with Crippen molar-refractivity contribution < 1.29 is 0 Å². The van der Waals surface area contributed by atoms with Gasteiger partial charge in [0.1, 0.15) is 0 Å². The summed E-state index contributed by atoms with van der Waals surface area (Å²) >= 11 is 14.7. The third kappa shape index (κ3) is 3.35. The SMILES string of the molecule is CCc1nn(C)c(CNc2ccc(I)cc2Cl)c1Cl. The van der Waals surface area contributed by atoms with E-state index in [2.05, 4.69) is 33.0 Å². The maximum absolute atomic E-state index is 6.30. The Hall–Kier alpha value is -0.460. The highest BCUT2D eigenvalue weighted by molar-refractivity contribution is 14.1. The van der Waals surface area contributed by atoms with Gasteiger partial charge in [-0.1, -0.05) is 30.1 Å². The molecule has 2 rings (SSSR count). The highest BCUT2D eigenvalue weighted by Gasteiger charge is 2.12. The first-order valence-electron chi connectivity index (χ1n) is 5.92. The molecule has 0 aliphatic carbocycles. The molecule has 0 radical (unpaired) electrons. The number of hydrogen-bond donors (Lipinski definition) is 1. The van der Waals surface area contributed by atoms with Gasteiger partial charge in [-0.25, -0.2) is 0 Å². The van der Waals surface area contributed by atoms with E-state index in [4.69, 9.17) is 23.2 Å². The van der Waals surface area contributed by atoms with Crippen molar-refractivity contribution >= 4 is 51.5 Å². The van der Waals surface area contributed by atoms with E-state index in [0.29, 0.717) is 11.6 Å². The van der Waals surface area contributed by atoms with Crippen molar-refractivity contribution in [3.8, 4) is 0 Å². The molecule has 102 valence electrons. The zero-order valence-electron chi connectivity index (χ0n) is 10.7. The highest BCUT2D eigenvalue weighted by atomic mass is 127. The number of halogens is 3. The predicted molar refractivity (Wildman–Crippen MR) is 89.1 cm³/mol. The van der Waals surface area contributed by atoms with Gasteiger partial charge in [0.05, 0.1) is 33.7 Å². The Morgan fingerprint density at radius 2 is 2.11 bits per heavy atom. The van der Waals surface area contributed by atoms with E-state index in [1.54, 1.807) is 0 Å². The summed E-state index contributed by atoms with van der Waals surface area (Å²) in [5, 5.41) is 9.13. The van der Waals surface area contributed by atoms with Gasteiger partial charge < -0.3 is 5.32 Å². The van der Waals surface area contributed by atoms with E-state index in [0.717, 1.165) is 32.1 Å². The average molecular weight is 410 g/mol. The molecule has 1 aromatic carbocycles. The smallest absolute Gasteiger partial charge is 0.0868 e. The van der Waals surface area contributed by atoms with Crippen LogP contribution in [-0.4, -0.2) is 9.78 Å². The number of aryl methyl sites for hydroxylation is 2. The third-order valence-corrected chi connectivity index (χ3v) is 4.30. The minimum Gasteiger partial charge on any atom is -0.378 e. The van der Waals surface area contributed by atoms with Crippen LogP contribution in [0.5, 0.6) is 0 Å². The summed E-state index contributed by atoms with van der Waals surface area (Å²) in [5.74, 6) is 0. The molecule has 0 unspecified atom stereocenters. The van der Waals surface area contributed by atoms with Gasteiger partial charge in [0.15, 0.2) is 0 Å². The lowest BCUT2D eigenvalue weighted by Gasteiger charge is -2.09. The number of aromatic nitrogens is 2. The largest absolute Gasteiger partial charge is 0.378 e. The molecule has 3 nitrogen and oxygen atoms in total. The molecule has 0 aliphatic heterocycles. The number of nitrogens with one attached hydrogen (secondary N) is 1. The van der Waals surface area contributed by atoms with Gasteiger partial charge in [-0.05, 0) is 47.2 Å². The lowest BCUT2D eigenvalue weighted by Crippen LogP contribution is -2.06. The molecule has 0 bridgehead atoms. The van der Waals surface area contributed by atoms with E-state index < -0.39 is 0 Å². The summed E-state index contributed by atoms with van der Waals surface area (Å²) in [5.41, 5.74) is 2.79. The Morgan fingerprint density at radius 1 is 1.37 bits per heavy atom. The zero-order chi connectivity index (χ0) is 14.0. The molecule has 0 aliphatic rings. The summed E-state index contributed by atoms with van der Waals surface area (Å²) in [6.45, 7) is 2.64. The van der Waals surface area contributed by atoms with Gasteiger partial charge >= 0.3 is 0 Å². The van der Waals surface area contributed by atoms with Gasteiger partial charge in [-0.15, -0.1) is 0 Å². The van der Waals surface area contributed by atoms with Crippen LogP contribution < -0.4 is 5.32 Å². The standard InChI is InChI=1S/C13H14Cl2IN3/c1-3-10-13(15)12(19(2)18-10)7-17-11-5-4-8(16)6-9(11)14/h4-6,17H,3,7H2,1-2H3. The van der Waals surface area contributed by atoms with Crippen LogP contribution in [0.25, 0.3) is 0 Å². The van der Waals surface area contributed by atoms with Crippen molar-refractivity contribution in [2.75, 3.05) is 5.32 Å². The van der Waals surface area contributed by atoms with E-state index in [9.17, 15) is 0 Å². The van der Waals surface area contributed by atoms with E-state index in [1.807, 2.05) is 36.9 Å². The first-order valence-corrected chi connectivity index (χ1v) is 7.75. The van der Waals surface area contributed by atoms with Crippen molar-refractivity contribution in [3.63, 3.8) is 0 Å². The van der Waals surface area contributed by atoms with Crippen molar-refractivity contribution in [3.05, 3.63) is 43.2 Å². The maximum atomic E-state index is 6.30. The molecule has 0 saturated carbocycles.